The van der Waals surface area contributed by atoms with Crippen LogP contribution in [0.5, 0.6) is 0 Å². The van der Waals surface area contributed by atoms with Gasteiger partial charge in [-0.25, -0.2) is 0 Å². The van der Waals surface area contributed by atoms with Gasteiger partial charge in [0, 0.05) is 37.3 Å². The van der Waals surface area contributed by atoms with Crippen LogP contribution in [0.1, 0.15) is 54.9 Å². The van der Waals surface area contributed by atoms with Crippen LogP contribution >= 0.6 is 0 Å². The summed E-state index contributed by atoms with van der Waals surface area (Å²) in [5.74, 6) is 0.710. The van der Waals surface area contributed by atoms with Crippen LogP contribution in [0.25, 0.3) is 11.3 Å². The lowest BCUT2D eigenvalue weighted by Gasteiger charge is -2.10. The highest BCUT2D eigenvalue weighted by molar-refractivity contribution is 5.94. The van der Waals surface area contributed by atoms with Gasteiger partial charge < -0.3 is 10.6 Å². The fourth-order valence-corrected chi connectivity index (χ4v) is 3.51. The summed E-state index contributed by atoms with van der Waals surface area (Å²) in [5, 5.41) is 5.78. The van der Waals surface area contributed by atoms with E-state index in [0.717, 1.165) is 35.7 Å². The first kappa shape index (κ1) is 19.1. The molecular weight excluding hydrogens is 338 g/mol. The minimum absolute atomic E-state index is 0.0156. The maximum atomic E-state index is 12.3. The number of amides is 2. The Morgan fingerprint density at radius 2 is 1.78 bits per heavy atom. The summed E-state index contributed by atoms with van der Waals surface area (Å²) in [6.07, 6.45) is 8.13. The van der Waals surface area contributed by atoms with Crippen molar-refractivity contribution < 1.29 is 9.59 Å². The van der Waals surface area contributed by atoms with Crippen LogP contribution in [0.3, 0.4) is 0 Å². The highest BCUT2D eigenvalue weighted by atomic mass is 16.2. The fraction of sp³-hybridized carbons (Fsp3) is 0.409. The monoisotopic (exact) mass is 365 g/mol. The van der Waals surface area contributed by atoms with Crippen LogP contribution in [0.15, 0.2) is 42.6 Å². The Bertz CT molecular complexity index is 763. The van der Waals surface area contributed by atoms with Crippen molar-refractivity contribution in [2.24, 2.45) is 5.92 Å². The number of carbonyl (C=O) groups is 2. The molecule has 0 radical (unpaired) electrons. The first-order valence-electron chi connectivity index (χ1n) is 9.70. The Hall–Kier alpha value is -2.69. The standard InChI is InChI=1S/C22H27N3O2/c1-16(26)24-14-18-6-11-21(25-15-18)19-7-9-20(10-8-19)22(27)23-13-12-17-4-2-3-5-17/h6-11,15,17H,2-5,12-14H2,1H3,(H,23,27)(H,24,26). The van der Waals surface area contributed by atoms with Gasteiger partial charge in [0.25, 0.3) is 5.91 Å². The smallest absolute Gasteiger partial charge is 0.251 e. The number of pyridine rings is 1. The van der Waals surface area contributed by atoms with Gasteiger partial charge in [0.05, 0.1) is 5.69 Å². The summed E-state index contributed by atoms with van der Waals surface area (Å²) in [4.78, 5) is 27.7. The Morgan fingerprint density at radius 3 is 2.41 bits per heavy atom. The minimum Gasteiger partial charge on any atom is -0.352 e. The topological polar surface area (TPSA) is 71.1 Å². The molecule has 0 saturated heterocycles. The lowest BCUT2D eigenvalue weighted by atomic mass is 10.0. The number of benzene rings is 1. The molecule has 1 fully saturated rings. The molecule has 1 heterocycles. The Kier molecular flexibility index (Phi) is 6.58. The van der Waals surface area contributed by atoms with Crippen molar-refractivity contribution in [3.05, 3.63) is 53.7 Å². The zero-order valence-electron chi connectivity index (χ0n) is 15.8. The van der Waals surface area contributed by atoms with Crippen molar-refractivity contribution >= 4 is 11.8 Å². The van der Waals surface area contributed by atoms with Crippen molar-refractivity contribution in [3.8, 4) is 11.3 Å². The first-order chi connectivity index (χ1) is 13.1. The quantitative estimate of drug-likeness (QED) is 0.786. The molecule has 2 N–H and O–H groups in total. The van der Waals surface area contributed by atoms with Gasteiger partial charge in [0.1, 0.15) is 0 Å². The van der Waals surface area contributed by atoms with E-state index >= 15 is 0 Å². The molecule has 1 aliphatic carbocycles. The van der Waals surface area contributed by atoms with E-state index in [1.165, 1.54) is 32.6 Å². The summed E-state index contributed by atoms with van der Waals surface area (Å²) >= 11 is 0. The van der Waals surface area contributed by atoms with Gasteiger partial charge in [-0.1, -0.05) is 43.9 Å². The van der Waals surface area contributed by atoms with Crippen LogP contribution < -0.4 is 10.6 Å². The van der Waals surface area contributed by atoms with E-state index in [4.69, 9.17) is 0 Å². The summed E-state index contributed by atoms with van der Waals surface area (Å²) in [5.41, 5.74) is 3.43. The highest BCUT2D eigenvalue weighted by Crippen LogP contribution is 2.27. The molecule has 27 heavy (non-hydrogen) atoms. The molecule has 0 aliphatic heterocycles. The van der Waals surface area contributed by atoms with Gasteiger partial charge in [0.2, 0.25) is 5.91 Å². The van der Waals surface area contributed by atoms with Crippen molar-refractivity contribution in [3.63, 3.8) is 0 Å². The van der Waals surface area contributed by atoms with E-state index in [0.29, 0.717) is 12.1 Å². The number of aromatic nitrogens is 1. The molecule has 0 spiro atoms. The largest absolute Gasteiger partial charge is 0.352 e. The number of carbonyl (C=O) groups excluding carboxylic acids is 2. The van der Waals surface area contributed by atoms with Crippen LogP contribution in [0.4, 0.5) is 0 Å². The zero-order chi connectivity index (χ0) is 19.1. The van der Waals surface area contributed by atoms with E-state index in [-0.39, 0.29) is 11.8 Å². The van der Waals surface area contributed by atoms with E-state index in [9.17, 15) is 9.59 Å². The van der Waals surface area contributed by atoms with Crippen LogP contribution in [-0.2, 0) is 11.3 Å². The number of rotatable bonds is 7. The molecule has 1 aromatic carbocycles. The predicted octanol–water partition coefficient (Wildman–Crippen LogP) is 3.69. The third-order valence-electron chi connectivity index (χ3n) is 5.12. The van der Waals surface area contributed by atoms with Crippen LogP contribution in [-0.4, -0.2) is 23.3 Å². The molecule has 5 heteroatoms. The van der Waals surface area contributed by atoms with Crippen molar-refractivity contribution in [1.29, 1.82) is 0 Å². The molecule has 3 rings (SSSR count). The van der Waals surface area contributed by atoms with E-state index in [1.807, 2.05) is 36.4 Å². The average Bonchev–Trinajstić information content (AvgIpc) is 3.20. The van der Waals surface area contributed by atoms with Gasteiger partial charge in [-0.3, -0.25) is 14.6 Å². The summed E-state index contributed by atoms with van der Waals surface area (Å²) < 4.78 is 0. The Morgan fingerprint density at radius 1 is 1.04 bits per heavy atom. The molecule has 142 valence electrons. The third-order valence-corrected chi connectivity index (χ3v) is 5.12. The van der Waals surface area contributed by atoms with Gasteiger partial charge >= 0.3 is 0 Å². The maximum Gasteiger partial charge on any atom is 0.251 e. The van der Waals surface area contributed by atoms with Crippen LogP contribution in [0.2, 0.25) is 0 Å². The van der Waals surface area contributed by atoms with Crippen molar-refractivity contribution in [1.82, 2.24) is 15.6 Å². The van der Waals surface area contributed by atoms with Crippen LogP contribution in [0, 0.1) is 5.92 Å². The summed E-state index contributed by atoms with van der Waals surface area (Å²) in [6.45, 7) is 2.72. The highest BCUT2D eigenvalue weighted by Gasteiger charge is 2.15. The second kappa shape index (κ2) is 9.31. The van der Waals surface area contributed by atoms with Gasteiger partial charge in [-0.05, 0) is 36.1 Å². The molecule has 5 nitrogen and oxygen atoms in total. The first-order valence-corrected chi connectivity index (χ1v) is 9.70. The van der Waals surface area contributed by atoms with Gasteiger partial charge in [0.15, 0.2) is 0 Å². The molecule has 0 atom stereocenters. The second-order valence-corrected chi connectivity index (χ2v) is 7.23. The molecular formula is C22H27N3O2. The SMILES string of the molecule is CC(=O)NCc1ccc(-c2ccc(C(=O)NCCC3CCCC3)cc2)nc1. The normalized spacial score (nSPS) is 14.1. The van der Waals surface area contributed by atoms with E-state index in [1.54, 1.807) is 6.20 Å². The predicted molar refractivity (Wildman–Crippen MR) is 106 cm³/mol. The zero-order valence-corrected chi connectivity index (χ0v) is 15.8. The molecule has 0 bridgehead atoms. The lowest BCUT2D eigenvalue weighted by Crippen LogP contribution is -2.25. The molecule has 0 unspecified atom stereocenters. The number of nitrogens with zero attached hydrogens (tertiary/aromatic N) is 1. The van der Waals surface area contributed by atoms with Crippen molar-refractivity contribution in [2.75, 3.05) is 6.54 Å². The summed E-state index contributed by atoms with van der Waals surface area (Å²) in [7, 11) is 0. The molecule has 1 aromatic heterocycles. The number of hydrogen-bond donors (Lipinski definition) is 2. The molecule has 1 aliphatic rings. The average molecular weight is 365 g/mol. The Labute approximate surface area is 160 Å². The van der Waals surface area contributed by atoms with E-state index in [2.05, 4.69) is 15.6 Å². The summed E-state index contributed by atoms with van der Waals surface area (Å²) in [6, 6.07) is 11.4. The lowest BCUT2D eigenvalue weighted by molar-refractivity contribution is -0.119. The number of hydrogen-bond acceptors (Lipinski definition) is 3. The fourth-order valence-electron chi connectivity index (χ4n) is 3.51. The van der Waals surface area contributed by atoms with Gasteiger partial charge in [-0.2, -0.15) is 0 Å². The second-order valence-electron chi connectivity index (χ2n) is 7.23. The number of nitrogens with one attached hydrogen (secondary N) is 2. The minimum atomic E-state index is -0.0591. The molecule has 2 amide bonds. The van der Waals surface area contributed by atoms with Gasteiger partial charge in [-0.15, -0.1) is 0 Å². The van der Waals surface area contributed by atoms with E-state index < -0.39 is 0 Å². The third kappa shape index (κ3) is 5.64. The maximum absolute atomic E-state index is 12.3. The molecule has 2 aromatic rings. The van der Waals surface area contributed by atoms with Crippen molar-refractivity contribution in [2.45, 2.75) is 45.6 Å². The molecule has 1 saturated carbocycles. The Balaban J connectivity index is 1.52.